The van der Waals surface area contributed by atoms with E-state index in [0.717, 1.165) is 9.21 Å². The number of aliphatic hydroxyl groups is 1. The van der Waals surface area contributed by atoms with Crippen LogP contribution in [0.5, 0.6) is 0 Å². The topological polar surface area (TPSA) is 49.5 Å². The summed E-state index contributed by atoms with van der Waals surface area (Å²) in [6.45, 7) is 4.67. The van der Waals surface area contributed by atoms with Crippen LogP contribution < -0.4 is 5.73 Å². The van der Waals surface area contributed by atoms with Crippen molar-refractivity contribution in [2.45, 2.75) is 25.5 Å². The molecule has 0 fully saturated rings. The summed E-state index contributed by atoms with van der Waals surface area (Å²) in [6, 6.07) is 3.98. The molecule has 0 saturated carbocycles. The highest BCUT2D eigenvalue weighted by atomic mass is 35.5. The van der Waals surface area contributed by atoms with Crippen molar-refractivity contribution in [3.05, 3.63) is 21.3 Å². The van der Waals surface area contributed by atoms with Gasteiger partial charge >= 0.3 is 0 Å². The SMILES string of the molecule is CN(CC(C)(C)O)C(CN)c1ccc(Cl)s1. The van der Waals surface area contributed by atoms with E-state index in [0.29, 0.717) is 13.1 Å². The average molecular weight is 263 g/mol. The molecule has 0 amide bonds. The van der Waals surface area contributed by atoms with E-state index in [1.54, 1.807) is 13.8 Å². The lowest BCUT2D eigenvalue weighted by atomic mass is 10.1. The van der Waals surface area contributed by atoms with Crippen molar-refractivity contribution in [2.75, 3.05) is 20.1 Å². The van der Waals surface area contributed by atoms with Crippen LogP contribution in [-0.2, 0) is 0 Å². The van der Waals surface area contributed by atoms with E-state index in [1.165, 1.54) is 11.3 Å². The van der Waals surface area contributed by atoms with Crippen molar-refractivity contribution in [2.24, 2.45) is 5.73 Å². The fourth-order valence-electron chi connectivity index (χ4n) is 1.74. The highest BCUT2D eigenvalue weighted by Gasteiger charge is 2.23. The molecule has 1 heterocycles. The molecule has 0 radical (unpaired) electrons. The van der Waals surface area contributed by atoms with Gasteiger partial charge in [-0.2, -0.15) is 0 Å². The van der Waals surface area contributed by atoms with Crippen molar-refractivity contribution >= 4 is 22.9 Å². The van der Waals surface area contributed by atoms with Gasteiger partial charge in [0.1, 0.15) is 0 Å². The van der Waals surface area contributed by atoms with Gasteiger partial charge in [-0.25, -0.2) is 0 Å². The van der Waals surface area contributed by atoms with E-state index in [4.69, 9.17) is 17.3 Å². The van der Waals surface area contributed by atoms with Crippen LogP contribution >= 0.6 is 22.9 Å². The zero-order valence-electron chi connectivity index (χ0n) is 9.90. The normalized spacial score (nSPS) is 14.4. The molecule has 1 rings (SSSR count). The first-order chi connectivity index (χ1) is 7.33. The Balaban J connectivity index is 2.74. The molecule has 1 aromatic rings. The highest BCUT2D eigenvalue weighted by Crippen LogP contribution is 2.29. The van der Waals surface area contributed by atoms with E-state index in [9.17, 15) is 5.11 Å². The van der Waals surface area contributed by atoms with Crippen LogP contribution in [0.25, 0.3) is 0 Å². The fourth-order valence-corrected chi connectivity index (χ4v) is 2.98. The third-order valence-electron chi connectivity index (χ3n) is 2.31. The maximum atomic E-state index is 9.78. The van der Waals surface area contributed by atoms with Crippen LogP contribution in [0, 0.1) is 0 Å². The Bertz CT molecular complexity index is 335. The molecule has 3 nitrogen and oxygen atoms in total. The predicted octanol–water partition coefficient (Wildman–Crippen LogP) is 2.10. The molecule has 5 heteroatoms. The fraction of sp³-hybridized carbons (Fsp3) is 0.636. The smallest absolute Gasteiger partial charge is 0.0931 e. The Hall–Kier alpha value is -0.130. The van der Waals surface area contributed by atoms with Gasteiger partial charge in [0.15, 0.2) is 0 Å². The second-order valence-corrected chi connectivity index (χ2v) is 6.37. The summed E-state index contributed by atoms with van der Waals surface area (Å²) in [5.41, 5.74) is 5.06. The lowest BCUT2D eigenvalue weighted by Crippen LogP contribution is -2.40. The molecule has 16 heavy (non-hydrogen) atoms. The molecule has 92 valence electrons. The van der Waals surface area contributed by atoms with Gasteiger partial charge in [-0.15, -0.1) is 11.3 Å². The Morgan fingerprint density at radius 2 is 2.19 bits per heavy atom. The first-order valence-electron chi connectivity index (χ1n) is 5.21. The number of nitrogens with two attached hydrogens (primary N) is 1. The second kappa shape index (κ2) is 5.47. The lowest BCUT2D eigenvalue weighted by molar-refractivity contribution is 0.0325. The summed E-state index contributed by atoms with van der Waals surface area (Å²) < 4.78 is 0.769. The van der Waals surface area contributed by atoms with Gasteiger partial charge in [0, 0.05) is 18.0 Å². The Kier molecular flexibility index (Phi) is 4.76. The van der Waals surface area contributed by atoms with Crippen LogP contribution in [0.15, 0.2) is 12.1 Å². The first kappa shape index (κ1) is 13.9. The molecule has 3 N–H and O–H groups in total. The van der Waals surface area contributed by atoms with Gasteiger partial charge in [0.25, 0.3) is 0 Å². The largest absolute Gasteiger partial charge is 0.389 e. The Labute approximate surface area is 106 Å². The van der Waals surface area contributed by atoms with Gasteiger partial charge in [0.05, 0.1) is 16.0 Å². The number of hydrogen-bond acceptors (Lipinski definition) is 4. The number of halogens is 1. The van der Waals surface area contributed by atoms with Crippen LogP contribution in [0.1, 0.15) is 24.8 Å². The van der Waals surface area contributed by atoms with Crippen molar-refractivity contribution in [1.29, 1.82) is 0 Å². The number of thiophene rings is 1. The maximum Gasteiger partial charge on any atom is 0.0931 e. The van der Waals surface area contributed by atoms with Gasteiger partial charge in [-0.1, -0.05) is 11.6 Å². The quantitative estimate of drug-likeness (QED) is 0.855. The Morgan fingerprint density at radius 3 is 2.56 bits per heavy atom. The number of likely N-dealkylation sites (N-methyl/N-ethyl adjacent to an activating group) is 1. The molecule has 0 aromatic carbocycles. The first-order valence-corrected chi connectivity index (χ1v) is 6.41. The van der Waals surface area contributed by atoms with Crippen molar-refractivity contribution < 1.29 is 5.11 Å². The minimum atomic E-state index is -0.719. The van der Waals surface area contributed by atoms with E-state index in [-0.39, 0.29) is 6.04 Å². The average Bonchev–Trinajstić information content (AvgIpc) is 2.49. The molecule has 0 bridgehead atoms. The van der Waals surface area contributed by atoms with Crippen molar-refractivity contribution in [3.8, 4) is 0 Å². The standard InChI is InChI=1S/C11H19ClN2OS/c1-11(2,15)7-14(3)8(6-13)9-4-5-10(12)16-9/h4-5,8,15H,6-7,13H2,1-3H3. The van der Waals surface area contributed by atoms with E-state index in [1.807, 2.05) is 19.2 Å². The third-order valence-corrected chi connectivity index (χ3v) is 3.65. The van der Waals surface area contributed by atoms with Crippen molar-refractivity contribution in [1.82, 2.24) is 4.90 Å². The van der Waals surface area contributed by atoms with Crippen LogP contribution in [0.2, 0.25) is 4.34 Å². The summed E-state index contributed by atoms with van der Waals surface area (Å²) >= 11 is 7.45. The number of rotatable bonds is 5. The minimum Gasteiger partial charge on any atom is -0.389 e. The number of hydrogen-bond donors (Lipinski definition) is 2. The van der Waals surface area contributed by atoms with Gasteiger partial charge < -0.3 is 10.8 Å². The molecule has 1 aromatic heterocycles. The van der Waals surface area contributed by atoms with E-state index in [2.05, 4.69) is 4.90 Å². The van der Waals surface area contributed by atoms with Crippen molar-refractivity contribution in [3.63, 3.8) is 0 Å². The molecule has 1 atom stereocenters. The van der Waals surface area contributed by atoms with Crippen LogP contribution in [0.4, 0.5) is 0 Å². The maximum absolute atomic E-state index is 9.78. The molecule has 0 spiro atoms. The predicted molar refractivity (Wildman–Crippen MR) is 70.1 cm³/mol. The summed E-state index contributed by atoms with van der Waals surface area (Å²) in [6.07, 6.45) is 0. The molecular formula is C11H19ClN2OS. The van der Waals surface area contributed by atoms with Gasteiger partial charge in [-0.05, 0) is 33.0 Å². The zero-order chi connectivity index (χ0) is 12.3. The third kappa shape index (κ3) is 4.03. The molecular weight excluding hydrogens is 244 g/mol. The minimum absolute atomic E-state index is 0.115. The lowest BCUT2D eigenvalue weighted by Gasteiger charge is -2.31. The highest BCUT2D eigenvalue weighted by molar-refractivity contribution is 7.16. The zero-order valence-corrected chi connectivity index (χ0v) is 11.5. The monoisotopic (exact) mass is 262 g/mol. The van der Waals surface area contributed by atoms with Crippen LogP contribution in [0.3, 0.4) is 0 Å². The van der Waals surface area contributed by atoms with E-state index < -0.39 is 5.60 Å². The summed E-state index contributed by atoms with van der Waals surface area (Å²) in [5, 5.41) is 9.78. The number of nitrogens with zero attached hydrogens (tertiary/aromatic N) is 1. The van der Waals surface area contributed by atoms with Gasteiger partial charge in [0.2, 0.25) is 0 Å². The van der Waals surface area contributed by atoms with E-state index >= 15 is 0 Å². The summed E-state index contributed by atoms with van der Waals surface area (Å²) in [5.74, 6) is 0. The Morgan fingerprint density at radius 1 is 1.56 bits per heavy atom. The molecule has 0 aliphatic heterocycles. The van der Waals surface area contributed by atoms with Gasteiger partial charge in [-0.3, -0.25) is 4.90 Å². The summed E-state index contributed by atoms with van der Waals surface area (Å²) in [7, 11) is 1.96. The molecule has 0 aliphatic carbocycles. The molecule has 0 aliphatic rings. The van der Waals surface area contributed by atoms with Crippen LogP contribution in [-0.4, -0.2) is 35.7 Å². The second-order valence-electron chi connectivity index (χ2n) is 4.62. The summed E-state index contributed by atoms with van der Waals surface area (Å²) in [4.78, 5) is 3.20. The molecule has 0 saturated heterocycles. The molecule has 1 unspecified atom stereocenters.